The van der Waals surface area contributed by atoms with E-state index in [1.165, 1.54) is 0 Å². The molecule has 5 nitrogen and oxygen atoms in total. The fraction of sp³-hybridized carbons (Fsp3) is 0.533. The minimum Gasteiger partial charge on any atom is -0.496 e. The zero-order valence-electron chi connectivity index (χ0n) is 11.9. The molecular formula is C15H20N2O3. The van der Waals surface area contributed by atoms with E-state index < -0.39 is 0 Å². The van der Waals surface area contributed by atoms with Crippen molar-refractivity contribution in [2.75, 3.05) is 26.8 Å². The lowest BCUT2D eigenvalue weighted by Gasteiger charge is -2.36. The summed E-state index contributed by atoms with van der Waals surface area (Å²) < 4.78 is 11.0. The molecule has 2 unspecified atom stereocenters. The molecule has 1 saturated heterocycles. The Morgan fingerprint density at radius 2 is 2.30 bits per heavy atom. The van der Waals surface area contributed by atoms with E-state index in [0.29, 0.717) is 18.7 Å². The number of nitrogens with zero attached hydrogens (tertiary/aromatic N) is 2. The van der Waals surface area contributed by atoms with Gasteiger partial charge >= 0.3 is 0 Å². The Labute approximate surface area is 119 Å². The summed E-state index contributed by atoms with van der Waals surface area (Å²) in [4.78, 5) is 2.22. The number of hydrogen-bond acceptors (Lipinski definition) is 5. The second kappa shape index (κ2) is 6.71. The summed E-state index contributed by atoms with van der Waals surface area (Å²) in [5, 5.41) is 18.3. The minimum atomic E-state index is -0.149. The second-order valence-corrected chi connectivity index (χ2v) is 5.08. The largest absolute Gasteiger partial charge is 0.496 e. The van der Waals surface area contributed by atoms with E-state index in [-0.39, 0.29) is 18.8 Å². The SMILES string of the molecule is COc1ccc(C#N)cc1CN1CC(C)OC(CO)C1. The molecule has 0 radical (unpaired) electrons. The molecule has 1 fully saturated rings. The second-order valence-electron chi connectivity index (χ2n) is 5.08. The van der Waals surface area contributed by atoms with Crippen LogP contribution in [0.1, 0.15) is 18.1 Å². The van der Waals surface area contributed by atoms with Gasteiger partial charge in [0, 0.05) is 25.2 Å². The van der Waals surface area contributed by atoms with Crippen LogP contribution in [0.3, 0.4) is 0 Å². The molecule has 1 aliphatic heterocycles. The Kier molecular flexibility index (Phi) is 4.96. The van der Waals surface area contributed by atoms with Gasteiger partial charge in [-0.25, -0.2) is 0 Å². The van der Waals surface area contributed by atoms with Crippen molar-refractivity contribution >= 4 is 0 Å². The number of methoxy groups -OCH3 is 1. The number of aliphatic hydroxyl groups is 1. The van der Waals surface area contributed by atoms with Crippen molar-refractivity contribution in [3.8, 4) is 11.8 Å². The molecule has 0 bridgehead atoms. The molecule has 1 N–H and O–H groups in total. The zero-order chi connectivity index (χ0) is 14.5. The fourth-order valence-electron chi connectivity index (χ4n) is 2.58. The summed E-state index contributed by atoms with van der Waals surface area (Å²) >= 11 is 0. The van der Waals surface area contributed by atoms with Gasteiger partial charge in [-0.1, -0.05) is 0 Å². The van der Waals surface area contributed by atoms with E-state index in [1.807, 2.05) is 19.1 Å². The van der Waals surface area contributed by atoms with Gasteiger partial charge in [-0.05, 0) is 25.1 Å². The lowest BCUT2D eigenvalue weighted by atomic mass is 10.1. The van der Waals surface area contributed by atoms with Crippen LogP contribution in [0.25, 0.3) is 0 Å². The maximum Gasteiger partial charge on any atom is 0.123 e. The molecule has 1 aliphatic rings. The Morgan fingerprint density at radius 1 is 1.50 bits per heavy atom. The maximum absolute atomic E-state index is 9.26. The molecule has 108 valence electrons. The predicted molar refractivity (Wildman–Crippen MR) is 74.4 cm³/mol. The Balaban J connectivity index is 2.14. The highest BCUT2D eigenvalue weighted by Gasteiger charge is 2.25. The number of morpholine rings is 1. The van der Waals surface area contributed by atoms with Gasteiger partial charge < -0.3 is 14.6 Å². The van der Waals surface area contributed by atoms with Crippen LogP contribution in [-0.4, -0.2) is 49.0 Å². The van der Waals surface area contributed by atoms with E-state index in [0.717, 1.165) is 17.9 Å². The molecular weight excluding hydrogens is 256 g/mol. The number of benzene rings is 1. The number of hydrogen-bond donors (Lipinski definition) is 1. The molecule has 1 heterocycles. The number of nitriles is 1. The standard InChI is InChI=1S/C15H20N2O3/c1-11-7-17(9-14(10-18)20-11)8-13-5-12(6-16)3-4-15(13)19-2/h3-5,11,14,18H,7-10H2,1-2H3. The molecule has 0 amide bonds. The average molecular weight is 276 g/mol. The lowest BCUT2D eigenvalue weighted by Crippen LogP contribution is -2.47. The first-order chi connectivity index (χ1) is 9.66. The van der Waals surface area contributed by atoms with Crippen molar-refractivity contribution in [3.63, 3.8) is 0 Å². The highest BCUT2D eigenvalue weighted by Crippen LogP contribution is 2.23. The zero-order valence-corrected chi connectivity index (χ0v) is 11.9. The first kappa shape index (κ1) is 14.8. The van der Waals surface area contributed by atoms with Gasteiger partial charge in [0.25, 0.3) is 0 Å². The van der Waals surface area contributed by atoms with Crippen molar-refractivity contribution in [1.29, 1.82) is 5.26 Å². The van der Waals surface area contributed by atoms with Gasteiger partial charge in [-0.15, -0.1) is 0 Å². The Bertz CT molecular complexity index is 498. The minimum absolute atomic E-state index is 0.0240. The van der Waals surface area contributed by atoms with Gasteiger partial charge in [0.2, 0.25) is 0 Å². The summed E-state index contributed by atoms with van der Waals surface area (Å²) in [6.45, 7) is 4.19. The highest BCUT2D eigenvalue weighted by molar-refractivity contribution is 5.42. The first-order valence-corrected chi connectivity index (χ1v) is 6.72. The van der Waals surface area contributed by atoms with E-state index in [2.05, 4.69) is 11.0 Å². The van der Waals surface area contributed by atoms with Gasteiger partial charge in [-0.2, -0.15) is 5.26 Å². The molecule has 2 atom stereocenters. The van der Waals surface area contributed by atoms with Crippen LogP contribution in [0.5, 0.6) is 5.75 Å². The summed E-state index contributed by atoms with van der Waals surface area (Å²) in [5.41, 5.74) is 1.61. The third-order valence-corrected chi connectivity index (χ3v) is 3.41. The van der Waals surface area contributed by atoms with Crippen molar-refractivity contribution in [3.05, 3.63) is 29.3 Å². The van der Waals surface area contributed by atoms with E-state index >= 15 is 0 Å². The smallest absolute Gasteiger partial charge is 0.123 e. The molecule has 1 aromatic rings. The first-order valence-electron chi connectivity index (χ1n) is 6.72. The van der Waals surface area contributed by atoms with Crippen LogP contribution in [0, 0.1) is 11.3 Å². The van der Waals surface area contributed by atoms with Crippen molar-refractivity contribution in [2.24, 2.45) is 0 Å². The van der Waals surface area contributed by atoms with Crippen LogP contribution in [0.15, 0.2) is 18.2 Å². The van der Waals surface area contributed by atoms with Crippen LogP contribution in [0.2, 0.25) is 0 Å². The fourth-order valence-corrected chi connectivity index (χ4v) is 2.58. The maximum atomic E-state index is 9.26. The average Bonchev–Trinajstić information content (AvgIpc) is 2.46. The highest BCUT2D eigenvalue weighted by atomic mass is 16.5. The third kappa shape index (κ3) is 3.48. The van der Waals surface area contributed by atoms with Crippen LogP contribution >= 0.6 is 0 Å². The van der Waals surface area contributed by atoms with Gasteiger partial charge in [0.05, 0.1) is 37.6 Å². The van der Waals surface area contributed by atoms with Crippen LogP contribution in [0.4, 0.5) is 0 Å². The van der Waals surface area contributed by atoms with Gasteiger partial charge in [0.1, 0.15) is 5.75 Å². The predicted octanol–water partition coefficient (Wildman–Crippen LogP) is 1.15. The van der Waals surface area contributed by atoms with Gasteiger partial charge in [0.15, 0.2) is 0 Å². The number of aliphatic hydroxyl groups excluding tert-OH is 1. The third-order valence-electron chi connectivity index (χ3n) is 3.41. The monoisotopic (exact) mass is 276 g/mol. The molecule has 1 aromatic carbocycles. The quantitative estimate of drug-likeness (QED) is 0.893. The Hall–Kier alpha value is -1.61. The molecule has 0 aliphatic carbocycles. The number of rotatable bonds is 4. The van der Waals surface area contributed by atoms with Crippen molar-refractivity contribution in [1.82, 2.24) is 4.90 Å². The molecule has 0 aromatic heterocycles. The van der Waals surface area contributed by atoms with E-state index in [9.17, 15) is 5.11 Å². The number of ether oxygens (including phenoxy) is 2. The topological polar surface area (TPSA) is 65.7 Å². The molecule has 0 spiro atoms. The summed E-state index contributed by atoms with van der Waals surface area (Å²) in [6.07, 6.45) is -0.0602. The van der Waals surface area contributed by atoms with Crippen LogP contribution in [-0.2, 0) is 11.3 Å². The molecule has 2 rings (SSSR count). The van der Waals surface area contributed by atoms with Crippen molar-refractivity contribution in [2.45, 2.75) is 25.7 Å². The Morgan fingerprint density at radius 3 is 2.95 bits per heavy atom. The van der Waals surface area contributed by atoms with Crippen molar-refractivity contribution < 1.29 is 14.6 Å². The summed E-state index contributed by atoms with van der Waals surface area (Å²) in [5.74, 6) is 0.781. The van der Waals surface area contributed by atoms with E-state index in [4.69, 9.17) is 14.7 Å². The summed E-state index contributed by atoms with van der Waals surface area (Å²) in [6, 6.07) is 7.57. The molecule has 0 saturated carbocycles. The lowest BCUT2D eigenvalue weighted by molar-refractivity contribution is -0.0973. The molecule has 20 heavy (non-hydrogen) atoms. The summed E-state index contributed by atoms with van der Waals surface area (Å²) in [7, 11) is 1.63. The van der Waals surface area contributed by atoms with Gasteiger partial charge in [-0.3, -0.25) is 4.90 Å². The molecule has 5 heteroatoms. The van der Waals surface area contributed by atoms with Crippen LogP contribution < -0.4 is 4.74 Å². The normalized spacial score (nSPS) is 23.3. The van der Waals surface area contributed by atoms with E-state index in [1.54, 1.807) is 13.2 Å².